The number of anilines is 2. The third-order valence-electron chi connectivity index (χ3n) is 5.34. The second kappa shape index (κ2) is 8.60. The highest BCUT2D eigenvalue weighted by molar-refractivity contribution is 7.89. The second-order valence-corrected chi connectivity index (χ2v) is 9.14. The molecule has 2 fully saturated rings. The molecule has 2 saturated heterocycles. The van der Waals surface area contributed by atoms with Gasteiger partial charge in [-0.25, -0.2) is 8.42 Å². The molecule has 0 aliphatic carbocycles. The van der Waals surface area contributed by atoms with Crippen LogP contribution in [0.1, 0.15) is 5.56 Å². The number of aromatic nitrogens is 2. The monoisotopic (exact) mass is 457 g/mol. The Bertz CT molecular complexity index is 1000. The minimum absolute atomic E-state index is 0.0570. The number of morpholine rings is 1. The first kappa shape index (κ1) is 21.8. The number of hydrogen-bond donors (Lipinski definition) is 0. The van der Waals surface area contributed by atoms with E-state index in [-0.39, 0.29) is 13.1 Å². The van der Waals surface area contributed by atoms with Crippen LogP contribution in [-0.4, -0.2) is 75.4 Å². The van der Waals surface area contributed by atoms with Crippen molar-refractivity contribution in [1.29, 1.82) is 0 Å². The van der Waals surface area contributed by atoms with Crippen molar-refractivity contribution in [2.24, 2.45) is 0 Å². The summed E-state index contributed by atoms with van der Waals surface area (Å²) in [5.41, 5.74) is -1.15. The van der Waals surface area contributed by atoms with Crippen LogP contribution in [0.15, 0.2) is 41.3 Å². The van der Waals surface area contributed by atoms with Crippen molar-refractivity contribution in [2.75, 3.05) is 62.3 Å². The lowest BCUT2D eigenvalue weighted by Crippen LogP contribution is -2.49. The van der Waals surface area contributed by atoms with Gasteiger partial charge >= 0.3 is 6.18 Å². The highest BCUT2D eigenvalue weighted by Gasteiger charge is 2.39. The van der Waals surface area contributed by atoms with Gasteiger partial charge in [0.15, 0.2) is 11.6 Å². The van der Waals surface area contributed by atoms with E-state index in [0.717, 1.165) is 35.3 Å². The highest BCUT2D eigenvalue weighted by Crippen LogP contribution is 2.35. The lowest BCUT2D eigenvalue weighted by Gasteiger charge is -2.35. The van der Waals surface area contributed by atoms with Crippen LogP contribution in [0.25, 0.3) is 0 Å². The summed E-state index contributed by atoms with van der Waals surface area (Å²) in [6, 6.07) is 7.94. The van der Waals surface area contributed by atoms with E-state index in [4.69, 9.17) is 4.74 Å². The van der Waals surface area contributed by atoms with E-state index in [0.29, 0.717) is 32.1 Å². The minimum Gasteiger partial charge on any atom is -0.378 e. The fourth-order valence-corrected chi connectivity index (χ4v) is 5.30. The van der Waals surface area contributed by atoms with Gasteiger partial charge in [0.05, 0.1) is 23.7 Å². The van der Waals surface area contributed by atoms with Crippen molar-refractivity contribution < 1.29 is 26.3 Å². The van der Waals surface area contributed by atoms with Crippen LogP contribution in [0.4, 0.5) is 24.8 Å². The Labute approximate surface area is 178 Å². The molecule has 0 saturated carbocycles. The molecule has 0 amide bonds. The third kappa shape index (κ3) is 4.60. The molecule has 0 spiro atoms. The maximum absolute atomic E-state index is 13.3. The summed E-state index contributed by atoms with van der Waals surface area (Å²) < 4.78 is 72.0. The van der Waals surface area contributed by atoms with Gasteiger partial charge in [-0.1, -0.05) is 12.1 Å². The van der Waals surface area contributed by atoms with Gasteiger partial charge in [-0.3, -0.25) is 0 Å². The Morgan fingerprint density at radius 1 is 0.806 bits per heavy atom. The molecule has 0 unspecified atom stereocenters. The molecule has 2 aliphatic heterocycles. The number of halogens is 3. The first-order valence-electron chi connectivity index (χ1n) is 9.84. The molecule has 0 N–H and O–H groups in total. The minimum atomic E-state index is -4.75. The van der Waals surface area contributed by atoms with Crippen LogP contribution in [0, 0.1) is 0 Å². The smallest absolute Gasteiger partial charge is 0.378 e. The summed E-state index contributed by atoms with van der Waals surface area (Å²) in [4.78, 5) is 3.23. The lowest BCUT2D eigenvalue weighted by molar-refractivity contribution is -0.139. The molecule has 2 aromatic rings. The zero-order chi connectivity index (χ0) is 22.1. The fourth-order valence-electron chi connectivity index (χ4n) is 3.67. The summed E-state index contributed by atoms with van der Waals surface area (Å²) in [5.74, 6) is 1.35. The Balaban J connectivity index is 1.44. The number of alkyl halides is 3. The Hall–Kier alpha value is -2.44. The van der Waals surface area contributed by atoms with Crippen LogP contribution < -0.4 is 9.80 Å². The predicted molar refractivity (Wildman–Crippen MR) is 107 cm³/mol. The molecule has 1 aromatic carbocycles. The Morgan fingerprint density at radius 2 is 1.35 bits per heavy atom. The highest BCUT2D eigenvalue weighted by atomic mass is 32.2. The molecule has 0 radical (unpaired) electrons. The molecular weight excluding hydrogens is 435 g/mol. The molecule has 31 heavy (non-hydrogen) atoms. The third-order valence-corrected chi connectivity index (χ3v) is 7.30. The molecule has 8 nitrogen and oxygen atoms in total. The Kier molecular flexibility index (Phi) is 6.04. The van der Waals surface area contributed by atoms with Crippen molar-refractivity contribution in [3.05, 3.63) is 42.0 Å². The van der Waals surface area contributed by atoms with Gasteiger partial charge in [-0.05, 0) is 24.3 Å². The van der Waals surface area contributed by atoms with Gasteiger partial charge in [0.25, 0.3) is 0 Å². The maximum atomic E-state index is 13.3. The van der Waals surface area contributed by atoms with Gasteiger partial charge in [-0.15, -0.1) is 10.2 Å². The zero-order valence-electron chi connectivity index (χ0n) is 16.6. The number of rotatable bonds is 4. The van der Waals surface area contributed by atoms with Crippen molar-refractivity contribution in [3.8, 4) is 0 Å². The molecule has 3 heterocycles. The van der Waals surface area contributed by atoms with Crippen LogP contribution in [0.5, 0.6) is 0 Å². The lowest BCUT2D eigenvalue weighted by atomic mass is 10.2. The number of ether oxygens (including phenoxy) is 1. The molecule has 12 heteroatoms. The Morgan fingerprint density at radius 3 is 1.90 bits per heavy atom. The van der Waals surface area contributed by atoms with Gasteiger partial charge in [0, 0.05) is 39.3 Å². The average Bonchev–Trinajstić information content (AvgIpc) is 2.79. The number of hydrogen-bond acceptors (Lipinski definition) is 7. The number of nitrogens with zero attached hydrogens (tertiary/aromatic N) is 5. The van der Waals surface area contributed by atoms with E-state index in [9.17, 15) is 21.6 Å². The summed E-state index contributed by atoms with van der Waals surface area (Å²) in [5, 5.41) is 8.50. The molecule has 1 aromatic heterocycles. The predicted octanol–water partition coefficient (Wildman–Crippen LogP) is 1.84. The first-order valence-corrected chi connectivity index (χ1v) is 11.3. The standard InChI is InChI=1S/C19H22F3N5O3S/c20-19(21,22)15-3-1-2-4-16(15)31(28,29)27-9-7-25(8-10-27)17-5-6-18(24-23-17)26-11-13-30-14-12-26/h1-6H,7-14H2. The van der Waals surface area contributed by atoms with Crippen LogP contribution in [0.2, 0.25) is 0 Å². The number of piperazine rings is 1. The largest absolute Gasteiger partial charge is 0.417 e. The van der Waals surface area contributed by atoms with Gasteiger partial charge in [0.1, 0.15) is 0 Å². The first-order chi connectivity index (χ1) is 14.8. The summed E-state index contributed by atoms with van der Waals surface area (Å²) in [6.45, 7) is 3.48. The van der Waals surface area contributed by atoms with E-state index in [2.05, 4.69) is 15.1 Å². The van der Waals surface area contributed by atoms with Crippen LogP contribution >= 0.6 is 0 Å². The van der Waals surface area contributed by atoms with Gasteiger partial charge < -0.3 is 14.5 Å². The van der Waals surface area contributed by atoms with E-state index in [1.165, 1.54) is 12.1 Å². The molecule has 0 bridgehead atoms. The van der Waals surface area contributed by atoms with E-state index in [1.807, 2.05) is 17.0 Å². The summed E-state index contributed by atoms with van der Waals surface area (Å²) in [7, 11) is -4.27. The van der Waals surface area contributed by atoms with E-state index < -0.39 is 26.7 Å². The average molecular weight is 457 g/mol. The topological polar surface area (TPSA) is 78.9 Å². The molecule has 168 valence electrons. The normalized spacial score (nSPS) is 18.9. The fraction of sp³-hybridized carbons (Fsp3) is 0.474. The van der Waals surface area contributed by atoms with Crippen LogP contribution in [0.3, 0.4) is 0 Å². The number of benzene rings is 1. The quantitative estimate of drug-likeness (QED) is 0.693. The zero-order valence-corrected chi connectivity index (χ0v) is 17.4. The summed E-state index contributed by atoms with van der Waals surface area (Å²) >= 11 is 0. The van der Waals surface area contributed by atoms with Crippen molar-refractivity contribution in [2.45, 2.75) is 11.1 Å². The molecule has 2 aliphatic rings. The van der Waals surface area contributed by atoms with Crippen LogP contribution in [-0.2, 0) is 20.9 Å². The molecule has 4 rings (SSSR count). The van der Waals surface area contributed by atoms with Crippen molar-refractivity contribution >= 4 is 21.7 Å². The van der Waals surface area contributed by atoms with Crippen molar-refractivity contribution in [3.63, 3.8) is 0 Å². The maximum Gasteiger partial charge on any atom is 0.417 e. The van der Waals surface area contributed by atoms with Gasteiger partial charge in [0.2, 0.25) is 10.0 Å². The van der Waals surface area contributed by atoms with E-state index in [1.54, 1.807) is 0 Å². The SMILES string of the molecule is O=S(=O)(c1ccccc1C(F)(F)F)N1CCN(c2ccc(N3CCOCC3)nn2)CC1. The molecule has 0 atom stereocenters. The number of sulfonamides is 1. The second-order valence-electron chi connectivity index (χ2n) is 7.23. The van der Waals surface area contributed by atoms with Gasteiger partial charge in [-0.2, -0.15) is 17.5 Å². The van der Waals surface area contributed by atoms with Crippen molar-refractivity contribution in [1.82, 2.24) is 14.5 Å². The summed E-state index contributed by atoms with van der Waals surface area (Å²) in [6.07, 6.45) is -4.75. The molecular formula is C19H22F3N5O3S. The van der Waals surface area contributed by atoms with E-state index >= 15 is 0 Å².